The highest BCUT2D eigenvalue weighted by Gasteiger charge is 2.33. The first-order valence-electron chi connectivity index (χ1n) is 3.20. The first kappa shape index (κ1) is 7.97. The van der Waals surface area contributed by atoms with Crippen molar-refractivity contribution in [3.63, 3.8) is 0 Å². The van der Waals surface area contributed by atoms with Crippen LogP contribution in [0.15, 0.2) is 0 Å². The number of hydrogen-bond donors (Lipinski definition) is 1. The molecule has 5 heteroatoms. The Labute approximate surface area is 61.3 Å². The van der Waals surface area contributed by atoms with Crippen LogP contribution in [-0.2, 0) is 10.0 Å². The first-order chi connectivity index (χ1) is 4.55. The Bertz CT molecular complexity index is 210. The molecular weight excluding hydrogens is 152 g/mol. The normalized spacial score (nSPS) is 28.0. The van der Waals surface area contributed by atoms with Gasteiger partial charge in [-0.1, -0.05) is 0 Å². The summed E-state index contributed by atoms with van der Waals surface area (Å²) in [6.07, 6.45) is 2.19. The molecule has 0 aromatic carbocycles. The molecule has 10 heavy (non-hydrogen) atoms. The largest absolute Gasteiger partial charge is 0.304 e. The maximum Gasteiger partial charge on any atom is 0.212 e. The summed E-state index contributed by atoms with van der Waals surface area (Å²) in [5.41, 5.74) is 0. The zero-order valence-corrected chi connectivity index (χ0v) is 6.98. The van der Waals surface area contributed by atoms with E-state index in [0.717, 1.165) is 6.42 Å². The summed E-state index contributed by atoms with van der Waals surface area (Å²) in [7, 11) is -1.19. The van der Waals surface area contributed by atoms with Gasteiger partial charge in [-0.25, -0.2) is 8.42 Å². The summed E-state index contributed by atoms with van der Waals surface area (Å²) in [6.45, 7) is 0.657. The molecule has 60 valence electrons. The predicted molar refractivity (Wildman–Crippen MR) is 39.0 cm³/mol. The molecule has 4 nitrogen and oxygen atoms in total. The van der Waals surface area contributed by atoms with Gasteiger partial charge in [-0.2, -0.15) is 4.31 Å². The molecule has 0 saturated carbocycles. The highest BCUT2D eigenvalue weighted by molar-refractivity contribution is 7.88. The molecule has 1 N–H and O–H groups in total. The Balaban J connectivity index is 2.60. The van der Waals surface area contributed by atoms with Crippen molar-refractivity contribution in [2.24, 2.45) is 0 Å². The molecule has 1 heterocycles. The van der Waals surface area contributed by atoms with Crippen LogP contribution in [0.5, 0.6) is 0 Å². The number of rotatable bonds is 2. The van der Waals surface area contributed by atoms with E-state index in [2.05, 4.69) is 5.32 Å². The van der Waals surface area contributed by atoms with E-state index in [9.17, 15) is 8.42 Å². The summed E-state index contributed by atoms with van der Waals surface area (Å²) in [5.74, 6) is 0. The van der Waals surface area contributed by atoms with Crippen molar-refractivity contribution < 1.29 is 8.42 Å². The monoisotopic (exact) mass is 164 g/mol. The average molecular weight is 164 g/mol. The van der Waals surface area contributed by atoms with E-state index in [0.29, 0.717) is 6.54 Å². The van der Waals surface area contributed by atoms with Crippen LogP contribution in [-0.4, -0.2) is 38.7 Å². The minimum absolute atomic E-state index is 0.0370. The lowest BCUT2D eigenvalue weighted by Gasteiger charge is -2.38. The van der Waals surface area contributed by atoms with Crippen molar-refractivity contribution in [2.45, 2.75) is 12.6 Å². The molecule has 1 unspecified atom stereocenters. The molecule has 1 atom stereocenters. The van der Waals surface area contributed by atoms with Crippen molar-refractivity contribution in [3.05, 3.63) is 0 Å². The SMILES string of the molecule is CNC1CCN1S(C)(=O)=O. The summed E-state index contributed by atoms with van der Waals surface area (Å²) < 4.78 is 23.2. The molecule has 1 aliphatic rings. The van der Waals surface area contributed by atoms with E-state index >= 15 is 0 Å². The van der Waals surface area contributed by atoms with Crippen LogP contribution in [0, 0.1) is 0 Å². The van der Waals surface area contributed by atoms with E-state index in [1.807, 2.05) is 0 Å². The minimum atomic E-state index is -2.96. The second-order valence-electron chi connectivity index (χ2n) is 2.47. The first-order valence-corrected chi connectivity index (χ1v) is 5.04. The quantitative estimate of drug-likeness (QED) is 0.581. The summed E-state index contributed by atoms with van der Waals surface area (Å²) in [6, 6.07) is 0. The van der Waals surface area contributed by atoms with Crippen molar-refractivity contribution in [1.29, 1.82) is 0 Å². The fourth-order valence-electron chi connectivity index (χ4n) is 1.05. The molecule has 1 fully saturated rings. The topological polar surface area (TPSA) is 49.4 Å². The number of hydrogen-bond acceptors (Lipinski definition) is 3. The molecule has 0 radical (unpaired) electrons. The third-order valence-electron chi connectivity index (χ3n) is 1.73. The van der Waals surface area contributed by atoms with Crippen LogP contribution in [0.1, 0.15) is 6.42 Å². The fourth-order valence-corrected chi connectivity index (χ4v) is 2.16. The molecule has 0 aliphatic carbocycles. The number of nitrogens with one attached hydrogen (secondary N) is 1. The van der Waals surface area contributed by atoms with Crippen molar-refractivity contribution >= 4 is 10.0 Å². The van der Waals surface area contributed by atoms with Gasteiger partial charge in [-0.15, -0.1) is 0 Å². The van der Waals surface area contributed by atoms with Gasteiger partial charge in [0.25, 0.3) is 0 Å². The minimum Gasteiger partial charge on any atom is -0.304 e. The Hall–Kier alpha value is -0.130. The molecule has 0 aromatic heterocycles. The second-order valence-corrected chi connectivity index (χ2v) is 4.40. The van der Waals surface area contributed by atoms with Crippen LogP contribution in [0.25, 0.3) is 0 Å². The van der Waals surface area contributed by atoms with E-state index in [4.69, 9.17) is 0 Å². The number of sulfonamides is 1. The van der Waals surface area contributed by atoms with E-state index in [-0.39, 0.29) is 6.17 Å². The van der Waals surface area contributed by atoms with Crippen LogP contribution < -0.4 is 5.32 Å². The standard InChI is InChI=1S/C5H12N2O2S/c1-6-5-3-4-7(5)10(2,8)9/h5-6H,3-4H2,1-2H3. The van der Waals surface area contributed by atoms with Gasteiger partial charge < -0.3 is 5.32 Å². The van der Waals surface area contributed by atoms with E-state index < -0.39 is 10.0 Å². The lowest BCUT2D eigenvalue weighted by Crippen LogP contribution is -2.56. The lowest BCUT2D eigenvalue weighted by atomic mass is 10.2. The van der Waals surface area contributed by atoms with Crippen molar-refractivity contribution in [1.82, 2.24) is 9.62 Å². The number of nitrogens with zero attached hydrogens (tertiary/aromatic N) is 1. The molecular formula is C5H12N2O2S. The third-order valence-corrected chi connectivity index (χ3v) is 3.02. The van der Waals surface area contributed by atoms with Gasteiger partial charge in [0, 0.05) is 6.54 Å². The van der Waals surface area contributed by atoms with Gasteiger partial charge in [0.1, 0.15) is 0 Å². The van der Waals surface area contributed by atoms with Gasteiger partial charge in [0.05, 0.1) is 12.4 Å². The van der Waals surface area contributed by atoms with Gasteiger partial charge in [0.2, 0.25) is 10.0 Å². The van der Waals surface area contributed by atoms with Crippen LogP contribution in [0.2, 0.25) is 0 Å². The maximum absolute atomic E-state index is 10.9. The van der Waals surface area contributed by atoms with E-state index in [1.54, 1.807) is 7.05 Å². The Kier molecular flexibility index (Phi) is 1.98. The average Bonchev–Trinajstić information content (AvgIpc) is 1.57. The van der Waals surface area contributed by atoms with Crippen LogP contribution >= 0.6 is 0 Å². The third kappa shape index (κ3) is 1.31. The van der Waals surface area contributed by atoms with Crippen LogP contribution in [0.3, 0.4) is 0 Å². The van der Waals surface area contributed by atoms with Crippen molar-refractivity contribution in [3.8, 4) is 0 Å². The lowest BCUT2D eigenvalue weighted by molar-refractivity contribution is 0.173. The van der Waals surface area contributed by atoms with Gasteiger partial charge in [0.15, 0.2) is 0 Å². The maximum atomic E-state index is 10.9. The predicted octanol–water partition coefficient (Wildman–Crippen LogP) is -0.803. The molecule has 1 rings (SSSR count). The fraction of sp³-hybridized carbons (Fsp3) is 1.00. The van der Waals surface area contributed by atoms with Gasteiger partial charge in [-0.05, 0) is 13.5 Å². The highest BCUT2D eigenvalue weighted by Crippen LogP contribution is 2.17. The Morgan fingerprint density at radius 1 is 1.60 bits per heavy atom. The van der Waals surface area contributed by atoms with Gasteiger partial charge >= 0.3 is 0 Å². The van der Waals surface area contributed by atoms with Crippen molar-refractivity contribution in [2.75, 3.05) is 19.8 Å². The zero-order valence-electron chi connectivity index (χ0n) is 6.16. The molecule has 1 saturated heterocycles. The Morgan fingerprint density at radius 3 is 2.30 bits per heavy atom. The second kappa shape index (κ2) is 2.48. The van der Waals surface area contributed by atoms with Gasteiger partial charge in [-0.3, -0.25) is 0 Å². The Morgan fingerprint density at radius 2 is 2.20 bits per heavy atom. The summed E-state index contributed by atoms with van der Waals surface area (Å²) in [5, 5.41) is 2.90. The zero-order chi connectivity index (χ0) is 7.78. The summed E-state index contributed by atoms with van der Waals surface area (Å²) in [4.78, 5) is 0. The molecule has 1 aliphatic heterocycles. The van der Waals surface area contributed by atoms with E-state index in [1.165, 1.54) is 10.6 Å². The smallest absolute Gasteiger partial charge is 0.212 e. The molecule has 0 amide bonds. The summed E-state index contributed by atoms with van der Waals surface area (Å²) >= 11 is 0. The highest BCUT2D eigenvalue weighted by atomic mass is 32.2. The molecule has 0 bridgehead atoms. The van der Waals surface area contributed by atoms with Crippen LogP contribution in [0.4, 0.5) is 0 Å². The molecule has 0 spiro atoms. The molecule has 0 aromatic rings.